The lowest BCUT2D eigenvalue weighted by Gasteiger charge is -2.34. The van der Waals surface area contributed by atoms with E-state index in [1.54, 1.807) is 0 Å². The van der Waals surface area contributed by atoms with Crippen molar-refractivity contribution >= 4 is 0 Å². The fourth-order valence-electron chi connectivity index (χ4n) is 3.11. The highest BCUT2D eigenvalue weighted by molar-refractivity contribution is 4.97. The van der Waals surface area contributed by atoms with Gasteiger partial charge in [0.15, 0.2) is 0 Å². The minimum Gasteiger partial charge on any atom is -0.393 e. The van der Waals surface area contributed by atoms with Crippen LogP contribution in [0.4, 0.5) is 0 Å². The van der Waals surface area contributed by atoms with Crippen LogP contribution in [-0.4, -0.2) is 22.9 Å². The Morgan fingerprint density at radius 2 is 1.86 bits per heavy atom. The maximum Gasteiger partial charge on any atom is 0.0892 e. The van der Waals surface area contributed by atoms with Crippen molar-refractivity contribution in [2.75, 3.05) is 6.61 Å². The number of rotatable bonds is 2. The molecule has 2 fully saturated rings. The third-order valence-corrected chi connectivity index (χ3v) is 4.18. The molecule has 1 aliphatic heterocycles. The molecule has 1 aliphatic carbocycles. The third-order valence-electron chi connectivity index (χ3n) is 4.18. The summed E-state index contributed by atoms with van der Waals surface area (Å²) in [5.74, 6) is 0.732. The SMILES string of the molecule is CC1(CO)CCC(C)(C2CCCC2)O1. The molecule has 0 amide bonds. The quantitative estimate of drug-likeness (QED) is 0.738. The van der Waals surface area contributed by atoms with E-state index in [4.69, 9.17) is 4.74 Å². The molecule has 14 heavy (non-hydrogen) atoms. The zero-order valence-corrected chi connectivity index (χ0v) is 9.38. The normalized spacial score (nSPS) is 44.8. The summed E-state index contributed by atoms with van der Waals surface area (Å²) in [7, 11) is 0. The van der Waals surface area contributed by atoms with Crippen LogP contribution in [0.2, 0.25) is 0 Å². The van der Waals surface area contributed by atoms with E-state index in [9.17, 15) is 5.11 Å². The highest BCUT2D eigenvalue weighted by Gasteiger charge is 2.48. The van der Waals surface area contributed by atoms with Gasteiger partial charge in [-0.3, -0.25) is 0 Å². The molecule has 0 bridgehead atoms. The van der Waals surface area contributed by atoms with Crippen molar-refractivity contribution in [2.45, 2.75) is 63.6 Å². The van der Waals surface area contributed by atoms with E-state index in [-0.39, 0.29) is 17.8 Å². The standard InChI is InChI=1S/C12H22O2/c1-11(9-13)7-8-12(2,14-11)10-5-3-4-6-10/h10,13H,3-9H2,1-2H3. The maximum absolute atomic E-state index is 9.28. The molecule has 2 atom stereocenters. The Labute approximate surface area is 86.6 Å². The van der Waals surface area contributed by atoms with E-state index >= 15 is 0 Å². The zero-order chi connectivity index (χ0) is 10.2. The van der Waals surface area contributed by atoms with E-state index in [1.807, 2.05) is 6.92 Å². The van der Waals surface area contributed by atoms with Crippen LogP contribution >= 0.6 is 0 Å². The molecule has 2 heteroatoms. The first-order chi connectivity index (χ1) is 6.58. The summed E-state index contributed by atoms with van der Waals surface area (Å²) < 4.78 is 6.12. The van der Waals surface area contributed by atoms with Crippen molar-refractivity contribution in [3.8, 4) is 0 Å². The molecule has 0 aromatic rings. The second-order valence-corrected chi connectivity index (χ2v) is 5.50. The molecule has 2 nitrogen and oxygen atoms in total. The first-order valence-electron chi connectivity index (χ1n) is 5.89. The van der Waals surface area contributed by atoms with Gasteiger partial charge in [-0.2, -0.15) is 0 Å². The van der Waals surface area contributed by atoms with Gasteiger partial charge in [0.2, 0.25) is 0 Å². The summed E-state index contributed by atoms with van der Waals surface area (Å²) in [6.45, 7) is 4.44. The minimum atomic E-state index is -0.267. The molecule has 1 saturated heterocycles. The zero-order valence-electron chi connectivity index (χ0n) is 9.38. The van der Waals surface area contributed by atoms with Crippen molar-refractivity contribution in [1.29, 1.82) is 0 Å². The lowest BCUT2D eigenvalue weighted by molar-refractivity contribution is -0.130. The monoisotopic (exact) mass is 198 g/mol. The molecule has 0 spiro atoms. The highest BCUT2D eigenvalue weighted by atomic mass is 16.5. The van der Waals surface area contributed by atoms with Crippen LogP contribution in [0.5, 0.6) is 0 Å². The van der Waals surface area contributed by atoms with Crippen molar-refractivity contribution in [2.24, 2.45) is 5.92 Å². The van der Waals surface area contributed by atoms with E-state index < -0.39 is 0 Å². The van der Waals surface area contributed by atoms with Crippen LogP contribution in [-0.2, 0) is 4.74 Å². The van der Waals surface area contributed by atoms with Crippen LogP contribution in [0.1, 0.15) is 52.4 Å². The molecule has 2 aliphatic rings. The predicted octanol–water partition coefficient (Wildman–Crippen LogP) is 2.50. The van der Waals surface area contributed by atoms with Gasteiger partial charge in [0.1, 0.15) is 0 Å². The number of ether oxygens (including phenoxy) is 1. The molecular weight excluding hydrogens is 176 g/mol. The molecule has 0 aromatic carbocycles. The number of hydrogen-bond donors (Lipinski definition) is 1. The summed E-state index contributed by atoms with van der Waals surface area (Å²) in [5.41, 5.74) is -0.217. The van der Waals surface area contributed by atoms with Crippen molar-refractivity contribution < 1.29 is 9.84 Å². The largest absolute Gasteiger partial charge is 0.393 e. The number of hydrogen-bond acceptors (Lipinski definition) is 2. The van der Waals surface area contributed by atoms with Crippen molar-refractivity contribution in [1.82, 2.24) is 0 Å². The predicted molar refractivity (Wildman–Crippen MR) is 56.2 cm³/mol. The van der Waals surface area contributed by atoms with Crippen LogP contribution < -0.4 is 0 Å². The minimum absolute atomic E-state index is 0.0496. The molecule has 2 unspecified atom stereocenters. The lowest BCUT2D eigenvalue weighted by Crippen LogP contribution is -2.38. The van der Waals surface area contributed by atoms with E-state index in [2.05, 4.69) is 6.92 Å². The Kier molecular flexibility index (Phi) is 2.61. The first-order valence-corrected chi connectivity index (χ1v) is 5.89. The maximum atomic E-state index is 9.28. The topological polar surface area (TPSA) is 29.5 Å². The second-order valence-electron chi connectivity index (χ2n) is 5.50. The van der Waals surface area contributed by atoms with Gasteiger partial charge >= 0.3 is 0 Å². The van der Waals surface area contributed by atoms with E-state index in [0.29, 0.717) is 0 Å². The molecule has 0 radical (unpaired) electrons. The summed E-state index contributed by atoms with van der Waals surface area (Å²) >= 11 is 0. The molecule has 2 rings (SSSR count). The van der Waals surface area contributed by atoms with Gasteiger partial charge < -0.3 is 9.84 Å². The Morgan fingerprint density at radius 1 is 1.21 bits per heavy atom. The van der Waals surface area contributed by atoms with E-state index in [0.717, 1.165) is 18.8 Å². The van der Waals surface area contributed by atoms with Crippen molar-refractivity contribution in [3.05, 3.63) is 0 Å². The molecule has 1 heterocycles. The van der Waals surface area contributed by atoms with Crippen molar-refractivity contribution in [3.63, 3.8) is 0 Å². The summed E-state index contributed by atoms with van der Waals surface area (Å²) in [6, 6.07) is 0. The number of aliphatic hydroxyl groups is 1. The fourth-order valence-corrected chi connectivity index (χ4v) is 3.11. The smallest absolute Gasteiger partial charge is 0.0892 e. The Hall–Kier alpha value is -0.0800. The summed E-state index contributed by atoms with van der Waals surface area (Å²) in [6.07, 6.45) is 7.49. The summed E-state index contributed by atoms with van der Waals surface area (Å²) in [5, 5.41) is 9.28. The van der Waals surface area contributed by atoms with Crippen LogP contribution in [0, 0.1) is 5.92 Å². The molecule has 0 aromatic heterocycles. The average Bonchev–Trinajstić information content (AvgIpc) is 2.75. The fraction of sp³-hybridized carbons (Fsp3) is 1.00. The molecule has 1 saturated carbocycles. The molecule has 82 valence electrons. The number of aliphatic hydroxyl groups excluding tert-OH is 1. The third kappa shape index (κ3) is 1.70. The van der Waals surface area contributed by atoms with Gasteiger partial charge in [-0.05, 0) is 45.4 Å². The van der Waals surface area contributed by atoms with Gasteiger partial charge in [-0.25, -0.2) is 0 Å². The van der Waals surface area contributed by atoms with E-state index in [1.165, 1.54) is 25.7 Å². The first kappa shape index (κ1) is 10.4. The van der Waals surface area contributed by atoms with Crippen LogP contribution in [0.15, 0.2) is 0 Å². The van der Waals surface area contributed by atoms with Crippen LogP contribution in [0.25, 0.3) is 0 Å². The van der Waals surface area contributed by atoms with Gasteiger partial charge in [-0.15, -0.1) is 0 Å². The van der Waals surface area contributed by atoms with Crippen LogP contribution in [0.3, 0.4) is 0 Å². The van der Waals surface area contributed by atoms with Gasteiger partial charge in [0, 0.05) is 0 Å². The second kappa shape index (κ2) is 3.49. The molecular formula is C12H22O2. The highest BCUT2D eigenvalue weighted by Crippen LogP contribution is 2.47. The van der Waals surface area contributed by atoms with Gasteiger partial charge in [0.05, 0.1) is 17.8 Å². The van der Waals surface area contributed by atoms with Gasteiger partial charge in [-0.1, -0.05) is 12.8 Å². The molecule has 1 N–H and O–H groups in total. The summed E-state index contributed by atoms with van der Waals surface area (Å²) in [4.78, 5) is 0. The Balaban J connectivity index is 2.04. The Bertz CT molecular complexity index is 210. The average molecular weight is 198 g/mol. The lowest BCUT2D eigenvalue weighted by atomic mass is 9.85. The van der Waals surface area contributed by atoms with Gasteiger partial charge in [0.25, 0.3) is 0 Å². The Morgan fingerprint density at radius 3 is 2.36 bits per heavy atom.